The van der Waals surface area contributed by atoms with Crippen molar-refractivity contribution >= 4 is 35.1 Å². The molecule has 2 amide bonds. The number of rotatable bonds is 11. The predicted molar refractivity (Wildman–Crippen MR) is 145 cm³/mol. The smallest absolute Gasteiger partial charge is 0.312 e. The van der Waals surface area contributed by atoms with Crippen LogP contribution >= 0.6 is 11.6 Å². The molecule has 38 heavy (non-hydrogen) atoms. The Balaban J connectivity index is 1.90. The molecule has 7 atom stereocenters. The first-order valence-electron chi connectivity index (χ1n) is 13.6. The number of likely N-dealkylation sites (tertiary alicyclic amines) is 1. The molecule has 3 saturated heterocycles. The van der Waals surface area contributed by atoms with E-state index in [1.165, 1.54) is 9.80 Å². The molecule has 0 saturated carbocycles. The lowest BCUT2D eigenvalue weighted by molar-refractivity contribution is -0.162. The minimum Gasteiger partial charge on any atom is -0.466 e. The number of carbonyl (C=O) groups excluding carboxylic acids is 3. The molecular formula is C29H39ClN2O6. The van der Waals surface area contributed by atoms with Crippen LogP contribution in [0.25, 0.3) is 0 Å². The fourth-order valence-electron chi connectivity index (χ4n) is 6.95. The topological polar surface area (TPSA) is 96.4 Å². The van der Waals surface area contributed by atoms with Crippen LogP contribution in [0, 0.1) is 17.8 Å². The molecule has 1 aromatic carbocycles. The summed E-state index contributed by atoms with van der Waals surface area (Å²) in [6, 6.07) is 5.36. The highest BCUT2D eigenvalue weighted by Gasteiger charge is 2.79. The lowest BCUT2D eigenvalue weighted by Gasteiger charge is -2.41. The minimum absolute atomic E-state index is 0.0963. The van der Waals surface area contributed by atoms with Gasteiger partial charge in [-0.25, -0.2) is 0 Å². The molecule has 0 aromatic heterocycles. The van der Waals surface area contributed by atoms with Gasteiger partial charge in [0, 0.05) is 6.54 Å². The molecular weight excluding hydrogens is 508 g/mol. The van der Waals surface area contributed by atoms with Gasteiger partial charge >= 0.3 is 5.97 Å². The summed E-state index contributed by atoms with van der Waals surface area (Å²) in [6.07, 6.45) is 3.80. The summed E-state index contributed by atoms with van der Waals surface area (Å²) in [5.74, 6) is -2.97. The highest BCUT2D eigenvalue weighted by atomic mass is 35.5. The molecule has 4 rings (SSSR count). The zero-order valence-electron chi connectivity index (χ0n) is 22.7. The van der Waals surface area contributed by atoms with Crippen LogP contribution in [0.5, 0.6) is 0 Å². The van der Waals surface area contributed by atoms with Gasteiger partial charge in [-0.15, -0.1) is 6.58 Å². The Morgan fingerprint density at radius 2 is 2.03 bits per heavy atom. The second kappa shape index (κ2) is 11.0. The van der Waals surface area contributed by atoms with Gasteiger partial charge in [-0.1, -0.05) is 57.0 Å². The number of amides is 2. The van der Waals surface area contributed by atoms with Gasteiger partial charge in [0.05, 0.1) is 41.5 Å². The molecule has 3 aliphatic rings. The van der Waals surface area contributed by atoms with Crippen LogP contribution in [-0.2, 0) is 23.9 Å². The summed E-state index contributed by atoms with van der Waals surface area (Å²) in [5, 5.41) is 10.9. The first-order valence-corrected chi connectivity index (χ1v) is 14.0. The van der Waals surface area contributed by atoms with Gasteiger partial charge < -0.3 is 24.4 Å². The molecule has 3 aliphatic heterocycles. The van der Waals surface area contributed by atoms with Crippen LogP contribution in [-0.4, -0.2) is 70.8 Å². The van der Waals surface area contributed by atoms with E-state index in [0.717, 1.165) is 0 Å². The van der Waals surface area contributed by atoms with Crippen molar-refractivity contribution in [3.63, 3.8) is 0 Å². The van der Waals surface area contributed by atoms with Crippen molar-refractivity contribution in [3.8, 4) is 0 Å². The fraction of sp³-hybridized carbons (Fsp3) is 0.621. The summed E-state index contributed by atoms with van der Waals surface area (Å²) < 4.78 is 12.2. The summed E-state index contributed by atoms with van der Waals surface area (Å²) >= 11 is 6.52. The summed E-state index contributed by atoms with van der Waals surface area (Å²) in [5.41, 5.74) is -1.60. The summed E-state index contributed by atoms with van der Waals surface area (Å²) in [4.78, 5) is 45.4. The van der Waals surface area contributed by atoms with E-state index < -0.39 is 41.1 Å². The van der Waals surface area contributed by atoms with Crippen LogP contribution in [0.4, 0.5) is 5.69 Å². The fourth-order valence-corrected chi connectivity index (χ4v) is 7.19. The lowest BCUT2D eigenvalue weighted by Crippen LogP contribution is -2.60. The Labute approximate surface area is 229 Å². The molecule has 208 valence electrons. The van der Waals surface area contributed by atoms with Crippen molar-refractivity contribution in [1.29, 1.82) is 0 Å². The number of nitrogens with zero attached hydrogens (tertiary/aromatic N) is 2. The number of hydrogen-bond acceptors (Lipinski definition) is 6. The van der Waals surface area contributed by atoms with Crippen molar-refractivity contribution in [3.05, 3.63) is 41.9 Å². The van der Waals surface area contributed by atoms with Gasteiger partial charge in [-0.05, 0) is 44.2 Å². The van der Waals surface area contributed by atoms with E-state index in [-0.39, 0.29) is 37.5 Å². The van der Waals surface area contributed by atoms with Crippen molar-refractivity contribution in [2.24, 2.45) is 17.8 Å². The third-order valence-electron chi connectivity index (χ3n) is 8.96. The van der Waals surface area contributed by atoms with Crippen LogP contribution in [0.15, 0.2) is 36.9 Å². The number of esters is 1. The maximum Gasteiger partial charge on any atom is 0.312 e. The predicted octanol–water partition coefficient (Wildman–Crippen LogP) is 3.98. The first kappa shape index (κ1) is 28.6. The van der Waals surface area contributed by atoms with Gasteiger partial charge in [0.25, 0.3) is 5.91 Å². The molecule has 8 nitrogen and oxygen atoms in total. The number of fused-ring (bicyclic) bond motifs is 1. The second-order valence-electron chi connectivity index (χ2n) is 10.7. The van der Waals surface area contributed by atoms with Gasteiger partial charge in [0.2, 0.25) is 5.91 Å². The highest BCUT2D eigenvalue weighted by molar-refractivity contribution is 6.34. The number of benzene rings is 1. The van der Waals surface area contributed by atoms with Crippen molar-refractivity contribution < 1.29 is 29.0 Å². The SMILES string of the molecule is C=CCN(C(=O)C1N([C@@H](CO)[C@@H](C)CC)C(=O)[C@@H]2[C@@H](C(=O)OCC)[C@@]3(CC)CCC12O3)c1ccccc1Cl. The van der Waals surface area contributed by atoms with Gasteiger partial charge in [0.1, 0.15) is 17.6 Å². The van der Waals surface area contributed by atoms with Crippen LogP contribution in [0.1, 0.15) is 53.4 Å². The van der Waals surface area contributed by atoms with Crippen molar-refractivity contribution in [1.82, 2.24) is 4.90 Å². The van der Waals surface area contributed by atoms with E-state index in [1.54, 1.807) is 37.3 Å². The highest BCUT2D eigenvalue weighted by Crippen LogP contribution is 2.65. The Hall–Kier alpha value is -2.42. The third-order valence-corrected chi connectivity index (χ3v) is 9.28. The standard InChI is InChI=1S/C29H39ClN2O6/c1-6-16-31(20-13-11-10-12-19(20)30)26(35)24-29-15-14-28(8-3,38-29)23(27(36)37-9-4)22(29)25(34)32(24)21(17-33)18(5)7-2/h6,10-13,18,21-24,33H,1,7-9,14-17H2,2-5H3/t18-,21-,22-,23-,24?,28+,29?/m0/s1. The van der Waals surface area contributed by atoms with E-state index >= 15 is 0 Å². The molecule has 9 heteroatoms. The number of anilines is 1. The van der Waals surface area contributed by atoms with Gasteiger partial charge in [0.15, 0.2) is 0 Å². The molecule has 0 aliphatic carbocycles. The molecule has 1 aromatic rings. The Morgan fingerprint density at radius 1 is 1.32 bits per heavy atom. The molecule has 2 unspecified atom stereocenters. The number of ether oxygens (including phenoxy) is 2. The van der Waals surface area contributed by atoms with Crippen molar-refractivity contribution in [2.75, 3.05) is 24.7 Å². The molecule has 0 radical (unpaired) electrons. The Bertz CT molecular complexity index is 1100. The van der Waals surface area contributed by atoms with E-state index in [2.05, 4.69) is 6.58 Å². The maximum absolute atomic E-state index is 14.6. The second-order valence-corrected chi connectivity index (χ2v) is 11.1. The monoisotopic (exact) mass is 546 g/mol. The lowest BCUT2D eigenvalue weighted by atomic mass is 9.65. The molecule has 2 bridgehead atoms. The first-order chi connectivity index (χ1) is 18.2. The van der Waals surface area contributed by atoms with E-state index in [1.807, 2.05) is 20.8 Å². The summed E-state index contributed by atoms with van der Waals surface area (Å²) in [7, 11) is 0. The molecule has 3 fully saturated rings. The number of aliphatic hydroxyl groups is 1. The molecule has 3 heterocycles. The average Bonchev–Trinajstić information content (AvgIpc) is 3.52. The zero-order chi connectivity index (χ0) is 27.8. The van der Waals surface area contributed by atoms with Crippen LogP contribution in [0.3, 0.4) is 0 Å². The number of carbonyl (C=O) groups is 3. The molecule has 1 spiro atoms. The number of hydrogen-bond donors (Lipinski definition) is 1. The zero-order valence-corrected chi connectivity index (χ0v) is 23.4. The average molecular weight is 547 g/mol. The third kappa shape index (κ3) is 4.16. The van der Waals surface area contributed by atoms with E-state index in [0.29, 0.717) is 36.4 Å². The largest absolute Gasteiger partial charge is 0.466 e. The normalized spacial score (nSPS) is 31.2. The Kier molecular flexibility index (Phi) is 8.26. The van der Waals surface area contributed by atoms with E-state index in [9.17, 15) is 19.5 Å². The number of aliphatic hydroxyl groups excluding tert-OH is 1. The van der Waals surface area contributed by atoms with Gasteiger partial charge in [-0.3, -0.25) is 14.4 Å². The summed E-state index contributed by atoms with van der Waals surface area (Å²) in [6.45, 7) is 11.5. The minimum atomic E-state index is -1.22. The van der Waals surface area contributed by atoms with E-state index in [4.69, 9.17) is 21.1 Å². The number of halogens is 1. The van der Waals surface area contributed by atoms with Crippen molar-refractivity contribution in [2.45, 2.75) is 76.7 Å². The van der Waals surface area contributed by atoms with Gasteiger partial charge in [-0.2, -0.15) is 0 Å². The maximum atomic E-state index is 14.6. The Morgan fingerprint density at radius 3 is 2.61 bits per heavy atom. The number of para-hydroxylation sites is 1. The molecule has 1 N–H and O–H groups in total. The quantitative estimate of drug-likeness (QED) is 0.333. The van der Waals surface area contributed by atoms with Crippen LogP contribution < -0.4 is 4.90 Å². The van der Waals surface area contributed by atoms with Crippen LogP contribution in [0.2, 0.25) is 5.02 Å².